The van der Waals surface area contributed by atoms with E-state index in [0.29, 0.717) is 6.42 Å². The number of benzene rings is 1. The van der Waals surface area contributed by atoms with Crippen LogP contribution in [0.25, 0.3) is 0 Å². The number of halogens is 2. The van der Waals surface area contributed by atoms with Crippen molar-refractivity contribution < 1.29 is 24.2 Å². The second-order valence-corrected chi connectivity index (χ2v) is 4.69. The Balaban J connectivity index is 2.37. The first-order valence-corrected chi connectivity index (χ1v) is 6.65. The fourth-order valence-corrected chi connectivity index (χ4v) is 1.91. The summed E-state index contributed by atoms with van der Waals surface area (Å²) in [5.41, 5.74) is -0.0784. The van der Waals surface area contributed by atoms with Gasteiger partial charge in [-0.25, -0.2) is 9.18 Å². The highest BCUT2D eigenvalue weighted by molar-refractivity contribution is 6.31. The zero-order valence-electron chi connectivity index (χ0n) is 11.1. The zero-order chi connectivity index (χ0) is 15.8. The van der Waals surface area contributed by atoms with Crippen LogP contribution < -0.4 is 10.6 Å². The molecule has 116 valence electrons. The Hall–Kier alpha value is -1.86. The maximum absolute atomic E-state index is 13.5. The molecule has 0 aliphatic rings. The third-order valence-corrected chi connectivity index (χ3v) is 2.97. The third-order valence-electron chi connectivity index (χ3n) is 2.64. The lowest BCUT2D eigenvalue weighted by Crippen LogP contribution is -2.38. The van der Waals surface area contributed by atoms with Gasteiger partial charge in [-0.05, 0) is 18.6 Å². The second-order valence-electron chi connectivity index (χ2n) is 4.29. The number of carbonyl (C=O) groups is 2. The molecule has 0 fully saturated rings. The minimum atomic E-state index is -1.27. The van der Waals surface area contributed by atoms with Crippen molar-refractivity contribution in [1.29, 1.82) is 0 Å². The van der Waals surface area contributed by atoms with Crippen molar-refractivity contribution in [3.8, 4) is 0 Å². The van der Waals surface area contributed by atoms with Crippen molar-refractivity contribution in [3.63, 3.8) is 0 Å². The molecule has 2 amide bonds. The number of carbonyl (C=O) groups excluding carboxylic acids is 1. The van der Waals surface area contributed by atoms with Crippen LogP contribution in [0.5, 0.6) is 0 Å². The molecule has 0 spiro atoms. The minimum Gasteiger partial charge on any atom is -0.481 e. The number of nitrogens with one attached hydrogen (secondary N) is 2. The van der Waals surface area contributed by atoms with Gasteiger partial charge in [0.05, 0.1) is 0 Å². The van der Waals surface area contributed by atoms with Gasteiger partial charge in [-0.3, -0.25) is 4.79 Å². The van der Waals surface area contributed by atoms with Gasteiger partial charge in [-0.15, -0.1) is 0 Å². The first kappa shape index (κ1) is 17.2. The van der Waals surface area contributed by atoms with Crippen molar-refractivity contribution in [2.45, 2.75) is 18.9 Å². The van der Waals surface area contributed by atoms with Crippen molar-refractivity contribution in [1.82, 2.24) is 10.6 Å². The molecule has 0 radical (unpaired) electrons. The average Bonchev–Trinajstić information content (AvgIpc) is 2.41. The first-order valence-electron chi connectivity index (χ1n) is 6.27. The number of amides is 2. The van der Waals surface area contributed by atoms with Crippen LogP contribution >= 0.6 is 11.6 Å². The maximum atomic E-state index is 13.5. The van der Waals surface area contributed by atoms with Gasteiger partial charge in [0.1, 0.15) is 11.9 Å². The number of urea groups is 1. The van der Waals surface area contributed by atoms with Crippen LogP contribution in [0.4, 0.5) is 9.18 Å². The van der Waals surface area contributed by atoms with Crippen LogP contribution in [0.15, 0.2) is 18.2 Å². The van der Waals surface area contributed by atoms with Crippen LogP contribution in [0, 0.1) is 5.82 Å². The summed E-state index contributed by atoms with van der Waals surface area (Å²) in [6, 6.07) is 3.44. The molecule has 1 atom stereocenters. The van der Waals surface area contributed by atoms with E-state index < -0.39 is 23.9 Å². The van der Waals surface area contributed by atoms with Crippen LogP contribution in [0.2, 0.25) is 5.02 Å². The standard InChI is InChI=1S/C13H16ClFN2O4/c14-8-3-1-4-9(15)12(8)10(18)7-17-13(21)16-6-2-5-11(19)20/h1,3-4,10,18H,2,5-7H2,(H,19,20)(H2,16,17,21). The van der Waals surface area contributed by atoms with Gasteiger partial charge in [0.15, 0.2) is 0 Å². The molecule has 1 rings (SSSR count). The van der Waals surface area contributed by atoms with Gasteiger partial charge >= 0.3 is 12.0 Å². The predicted octanol–water partition coefficient (Wildman–Crippen LogP) is 1.68. The monoisotopic (exact) mass is 318 g/mol. The molecule has 4 N–H and O–H groups in total. The van der Waals surface area contributed by atoms with E-state index in [9.17, 15) is 19.1 Å². The predicted molar refractivity (Wildman–Crippen MR) is 74.6 cm³/mol. The number of hydrogen-bond acceptors (Lipinski definition) is 3. The van der Waals surface area contributed by atoms with Gasteiger partial charge in [0.25, 0.3) is 0 Å². The fourth-order valence-electron chi connectivity index (χ4n) is 1.62. The highest BCUT2D eigenvalue weighted by Crippen LogP contribution is 2.25. The second kappa shape index (κ2) is 8.43. The molecule has 1 aromatic rings. The molecule has 0 bridgehead atoms. The molecule has 0 saturated carbocycles. The molecule has 1 unspecified atom stereocenters. The molecular formula is C13H16ClFN2O4. The molecule has 1 aromatic carbocycles. The van der Waals surface area contributed by atoms with E-state index in [1.165, 1.54) is 12.1 Å². The van der Waals surface area contributed by atoms with Crippen molar-refractivity contribution in [3.05, 3.63) is 34.6 Å². The lowest BCUT2D eigenvalue weighted by atomic mass is 10.1. The van der Waals surface area contributed by atoms with Gasteiger partial charge < -0.3 is 20.8 Å². The SMILES string of the molecule is O=C(O)CCCNC(=O)NCC(O)c1c(F)cccc1Cl. The summed E-state index contributed by atoms with van der Waals surface area (Å²) in [5.74, 6) is -1.60. The van der Waals surface area contributed by atoms with Crippen molar-refractivity contribution in [2.24, 2.45) is 0 Å². The summed E-state index contributed by atoms with van der Waals surface area (Å²) < 4.78 is 13.5. The van der Waals surface area contributed by atoms with Crippen LogP contribution in [0.1, 0.15) is 24.5 Å². The quantitative estimate of drug-likeness (QED) is 0.575. The molecule has 21 heavy (non-hydrogen) atoms. The van der Waals surface area contributed by atoms with E-state index in [4.69, 9.17) is 16.7 Å². The van der Waals surface area contributed by atoms with E-state index in [0.717, 1.165) is 6.07 Å². The van der Waals surface area contributed by atoms with Crippen LogP contribution in [-0.2, 0) is 4.79 Å². The first-order chi connectivity index (χ1) is 9.91. The molecule has 0 heterocycles. The number of carboxylic acids is 1. The number of aliphatic hydroxyl groups excluding tert-OH is 1. The van der Waals surface area contributed by atoms with E-state index in [1.54, 1.807) is 0 Å². The topological polar surface area (TPSA) is 98.7 Å². The van der Waals surface area contributed by atoms with E-state index in [-0.39, 0.29) is 30.1 Å². The minimum absolute atomic E-state index is 0.0479. The summed E-state index contributed by atoms with van der Waals surface area (Å²) in [7, 11) is 0. The van der Waals surface area contributed by atoms with E-state index in [2.05, 4.69) is 10.6 Å². The summed E-state index contributed by atoms with van der Waals surface area (Å²) in [6.45, 7) is -0.0277. The molecule has 0 aromatic heterocycles. The highest BCUT2D eigenvalue weighted by atomic mass is 35.5. The third kappa shape index (κ3) is 5.97. The maximum Gasteiger partial charge on any atom is 0.314 e. The van der Waals surface area contributed by atoms with Crippen LogP contribution in [-0.4, -0.2) is 35.3 Å². The van der Waals surface area contributed by atoms with E-state index >= 15 is 0 Å². The summed E-state index contributed by atoms with van der Waals surface area (Å²) in [5, 5.41) is 23.1. The fraction of sp³-hybridized carbons (Fsp3) is 0.385. The Morgan fingerprint density at radius 2 is 2.05 bits per heavy atom. The van der Waals surface area contributed by atoms with Gasteiger partial charge in [0.2, 0.25) is 0 Å². The number of aliphatic hydroxyl groups is 1. The molecule has 0 aliphatic heterocycles. The Kier molecular flexibility index (Phi) is 6.90. The largest absolute Gasteiger partial charge is 0.481 e. The molecule has 8 heteroatoms. The molecular weight excluding hydrogens is 303 g/mol. The zero-order valence-corrected chi connectivity index (χ0v) is 11.9. The summed E-state index contributed by atoms with van der Waals surface area (Å²) >= 11 is 5.79. The van der Waals surface area contributed by atoms with Crippen LogP contribution in [0.3, 0.4) is 0 Å². The Labute approximate surface area is 125 Å². The number of hydrogen-bond donors (Lipinski definition) is 4. The molecule has 0 aliphatic carbocycles. The Morgan fingerprint density at radius 1 is 1.33 bits per heavy atom. The molecule has 0 saturated heterocycles. The lowest BCUT2D eigenvalue weighted by Gasteiger charge is -2.14. The van der Waals surface area contributed by atoms with Gasteiger partial charge in [0, 0.05) is 30.1 Å². The lowest BCUT2D eigenvalue weighted by molar-refractivity contribution is -0.137. The normalized spacial score (nSPS) is 11.8. The number of aliphatic carboxylic acids is 1. The average molecular weight is 319 g/mol. The van der Waals surface area contributed by atoms with Crippen molar-refractivity contribution >= 4 is 23.6 Å². The van der Waals surface area contributed by atoms with Gasteiger partial charge in [-0.2, -0.15) is 0 Å². The summed E-state index contributed by atoms with van der Waals surface area (Å²) in [4.78, 5) is 21.7. The Bertz CT molecular complexity index is 493. The van der Waals surface area contributed by atoms with Crippen molar-refractivity contribution in [2.75, 3.05) is 13.1 Å². The number of carboxylic acid groups (broad SMARTS) is 1. The molecule has 6 nitrogen and oxygen atoms in total. The summed E-state index contributed by atoms with van der Waals surface area (Å²) in [6.07, 6.45) is -1.03. The smallest absolute Gasteiger partial charge is 0.314 e. The number of rotatable bonds is 7. The highest BCUT2D eigenvalue weighted by Gasteiger charge is 2.17. The van der Waals surface area contributed by atoms with E-state index in [1.807, 2.05) is 0 Å². The van der Waals surface area contributed by atoms with Gasteiger partial charge in [-0.1, -0.05) is 17.7 Å². The Morgan fingerprint density at radius 3 is 2.67 bits per heavy atom.